The summed E-state index contributed by atoms with van der Waals surface area (Å²) in [6.07, 6.45) is 4.55. The second kappa shape index (κ2) is 11.7. The van der Waals surface area contributed by atoms with Crippen molar-refractivity contribution >= 4 is 5.96 Å². The molecule has 0 aromatic rings. The molecular formula is C16H33N3O3. The van der Waals surface area contributed by atoms with Gasteiger partial charge in [-0.05, 0) is 19.8 Å². The minimum Gasteiger partial charge on any atom is -0.388 e. The van der Waals surface area contributed by atoms with Gasteiger partial charge in [0.1, 0.15) is 0 Å². The van der Waals surface area contributed by atoms with Gasteiger partial charge in [-0.3, -0.25) is 4.99 Å². The summed E-state index contributed by atoms with van der Waals surface area (Å²) in [4.78, 5) is 4.50. The Morgan fingerprint density at radius 3 is 2.59 bits per heavy atom. The Balaban J connectivity index is 2.23. The van der Waals surface area contributed by atoms with Crippen LogP contribution in [0.3, 0.4) is 0 Å². The zero-order chi connectivity index (χ0) is 16.1. The SMILES string of the molecule is CCCCOCCCNC(=NCC1(O)CCOCC1)NCC. The number of unbranched alkanes of at least 4 members (excludes halogenated alkanes) is 1. The molecule has 0 amide bonds. The molecule has 6 heteroatoms. The number of rotatable bonds is 10. The van der Waals surface area contributed by atoms with Crippen molar-refractivity contribution in [2.45, 2.75) is 51.6 Å². The van der Waals surface area contributed by atoms with Crippen molar-refractivity contribution in [3.05, 3.63) is 0 Å². The minimum absolute atomic E-state index is 0.415. The van der Waals surface area contributed by atoms with E-state index in [1.165, 1.54) is 6.42 Å². The van der Waals surface area contributed by atoms with Crippen LogP contribution in [0.4, 0.5) is 0 Å². The molecule has 0 aliphatic carbocycles. The standard InChI is InChI=1S/C16H33N3O3/c1-3-5-10-21-11-6-9-18-15(17-4-2)19-14-16(20)7-12-22-13-8-16/h20H,3-14H2,1-2H3,(H2,17,18,19). The van der Waals surface area contributed by atoms with Crippen molar-refractivity contribution in [1.29, 1.82) is 0 Å². The molecule has 0 aromatic heterocycles. The second-order valence-corrected chi connectivity index (χ2v) is 5.78. The van der Waals surface area contributed by atoms with Gasteiger partial charge >= 0.3 is 0 Å². The first-order valence-electron chi connectivity index (χ1n) is 8.60. The molecule has 1 aliphatic rings. The lowest BCUT2D eigenvalue weighted by atomic mass is 9.95. The maximum atomic E-state index is 10.4. The molecule has 1 aliphatic heterocycles. The first kappa shape index (κ1) is 19.2. The van der Waals surface area contributed by atoms with E-state index in [2.05, 4.69) is 22.5 Å². The Kier molecular flexibility index (Phi) is 10.2. The fourth-order valence-corrected chi connectivity index (χ4v) is 2.21. The topological polar surface area (TPSA) is 75.1 Å². The number of nitrogens with zero attached hydrogens (tertiary/aromatic N) is 1. The van der Waals surface area contributed by atoms with Gasteiger partial charge < -0.3 is 25.2 Å². The Morgan fingerprint density at radius 1 is 1.18 bits per heavy atom. The number of aliphatic hydroxyl groups is 1. The first-order valence-corrected chi connectivity index (χ1v) is 8.60. The number of ether oxygens (including phenoxy) is 2. The largest absolute Gasteiger partial charge is 0.388 e. The van der Waals surface area contributed by atoms with E-state index in [4.69, 9.17) is 9.47 Å². The summed E-state index contributed by atoms with van der Waals surface area (Å²) < 4.78 is 10.8. The lowest BCUT2D eigenvalue weighted by Crippen LogP contribution is -2.42. The first-order chi connectivity index (χ1) is 10.7. The van der Waals surface area contributed by atoms with Crippen LogP contribution >= 0.6 is 0 Å². The molecular weight excluding hydrogens is 282 g/mol. The molecule has 22 heavy (non-hydrogen) atoms. The summed E-state index contributed by atoms with van der Waals surface area (Å²) in [5, 5.41) is 16.9. The van der Waals surface area contributed by atoms with E-state index in [0.29, 0.717) is 32.6 Å². The van der Waals surface area contributed by atoms with Crippen LogP contribution in [0, 0.1) is 0 Å². The third kappa shape index (κ3) is 8.56. The van der Waals surface area contributed by atoms with Crippen LogP contribution in [0.2, 0.25) is 0 Å². The van der Waals surface area contributed by atoms with Crippen molar-refractivity contribution < 1.29 is 14.6 Å². The summed E-state index contributed by atoms with van der Waals surface area (Å²) in [5.74, 6) is 0.760. The zero-order valence-corrected chi connectivity index (χ0v) is 14.2. The summed E-state index contributed by atoms with van der Waals surface area (Å²) in [7, 11) is 0. The number of aliphatic imine (C=N–C) groups is 1. The molecule has 0 radical (unpaired) electrons. The van der Waals surface area contributed by atoms with Gasteiger partial charge in [0.2, 0.25) is 0 Å². The van der Waals surface area contributed by atoms with E-state index < -0.39 is 5.60 Å². The van der Waals surface area contributed by atoms with Gasteiger partial charge in [0.25, 0.3) is 0 Å². The molecule has 0 aromatic carbocycles. The molecule has 0 bridgehead atoms. The third-order valence-electron chi connectivity index (χ3n) is 3.70. The molecule has 1 fully saturated rings. The molecule has 6 nitrogen and oxygen atoms in total. The van der Waals surface area contributed by atoms with E-state index in [1.807, 2.05) is 6.92 Å². The fourth-order valence-electron chi connectivity index (χ4n) is 2.21. The number of hydrogen-bond acceptors (Lipinski definition) is 4. The van der Waals surface area contributed by atoms with E-state index in [1.54, 1.807) is 0 Å². The minimum atomic E-state index is -0.718. The van der Waals surface area contributed by atoms with Gasteiger partial charge in [-0.25, -0.2) is 0 Å². The van der Waals surface area contributed by atoms with Crippen LogP contribution in [-0.4, -0.2) is 62.7 Å². The molecule has 3 N–H and O–H groups in total. The highest BCUT2D eigenvalue weighted by molar-refractivity contribution is 5.79. The summed E-state index contributed by atoms with van der Waals surface area (Å²) in [6.45, 7) is 9.09. The van der Waals surface area contributed by atoms with Crippen LogP contribution in [0.1, 0.15) is 46.0 Å². The molecule has 1 heterocycles. The van der Waals surface area contributed by atoms with Gasteiger partial charge in [-0.15, -0.1) is 0 Å². The van der Waals surface area contributed by atoms with Crippen LogP contribution in [0.15, 0.2) is 4.99 Å². The molecule has 0 unspecified atom stereocenters. The zero-order valence-electron chi connectivity index (χ0n) is 14.2. The third-order valence-corrected chi connectivity index (χ3v) is 3.70. The quantitative estimate of drug-likeness (QED) is 0.322. The molecule has 0 saturated carbocycles. The number of hydrogen-bond donors (Lipinski definition) is 3. The molecule has 130 valence electrons. The predicted molar refractivity (Wildman–Crippen MR) is 89.3 cm³/mol. The highest BCUT2D eigenvalue weighted by Crippen LogP contribution is 2.20. The second-order valence-electron chi connectivity index (χ2n) is 5.78. The van der Waals surface area contributed by atoms with Crippen LogP contribution in [0.25, 0.3) is 0 Å². The van der Waals surface area contributed by atoms with Crippen molar-refractivity contribution in [1.82, 2.24) is 10.6 Å². The maximum absolute atomic E-state index is 10.4. The molecule has 0 atom stereocenters. The molecule has 1 saturated heterocycles. The normalized spacial score (nSPS) is 18.2. The lowest BCUT2D eigenvalue weighted by Gasteiger charge is -2.30. The monoisotopic (exact) mass is 315 g/mol. The molecule has 1 rings (SSSR count). The van der Waals surface area contributed by atoms with Gasteiger partial charge in [0, 0.05) is 52.4 Å². The average Bonchev–Trinajstić information content (AvgIpc) is 2.52. The summed E-state index contributed by atoms with van der Waals surface area (Å²) in [5.41, 5.74) is -0.718. The van der Waals surface area contributed by atoms with Crippen molar-refractivity contribution in [3.63, 3.8) is 0 Å². The highest BCUT2D eigenvalue weighted by atomic mass is 16.5. The Bertz CT molecular complexity index is 305. The number of nitrogens with one attached hydrogen (secondary N) is 2. The Hall–Kier alpha value is -0.850. The summed E-state index contributed by atoms with van der Waals surface area (Å²) >= 11 is 0. The van der Waals surface area contributed by atoms with Gasteiger partial charge in [0.05, 0.1) is 12.1 Å². The van der Waals surface area contributed by atoms with Gasteiger partial charge in [-0.2, -0.15) is 0 Å². The van der Waals surface area contributed by atoms with Crippen LogP contribution in [0.5, 0.6) is 0 Å². The smallest absolute Gasteiger partial charge is 0.191 e. The van der Waals surface area contributed by atoms with Crippen molar-refractivity contribution in [2.24, 2.45) is 4.99 Å². The van der Waals surface area contributed by atoms with Crippen LogP contribution < -0.4 is 10.6 Å². The van der Waals surface area contributed by atoms with Crippen molar-refractivity contribution in [2.75, 3.05) is 46.1 Å². The molecule has 0 spiro atoms. The van der Waals surface area contributed by atoms with E-state index in [0.717, 1.165) is 45.1 Å². The maximum Gasteiger partial charge on any atom is 0.191 e. The van der Waals surface area contributed by atoms with Crippen LogP contribution in [-0.2, 0) is 9.47 Å². The predicted octanol–water partition coefficient (Wildman–Crippen LogP) is 1.29. The van der Waals surface area contributed by atoms with E-state index in [-0.39, 0.29) is 0 Å². The van der Waals surface area contributed by atoms with Crippen molar-refractivity contribution in [3.8, 4) is 0 Å². The van der Waals surface area contributed by atoms with Gasteiger partial charge in [-0.1, -0.05) is 13.3 Å². The highest BCUT2D eigenvalue weighted by Gasteiger charge is 2.29. The fraction of sp³-hybridized carbons (Fsp3) is 0.938. The Morgan fingerprint density at radius 2 is 1.91 bits per heavy atom. The Labute approximate surface area is 134 Å². The number of guanidine groups is 1. The van der Waals surface area contributed by atoms with Gasteiger partial charge in [0.15, 0.2) is 5.96 Å². The van der Waals surface area contributed by atoms with E-state index in [9.17, 15) is 5.11 Å². The summed E-state index contributed by atoms with van der Waals surface area (Å²) in [6, 6.07) is 0. The van der Waals surface area contributed by atoms with E-state index >= 15 is 0 Å². The lowest BCUT2D eigenvalue weighted by molar-refractivity contribution is -0.0565. The average molecular weight is 315 g/mol.